The lowest BCUT2D eigenvalue weighted by molar-refractivity contribution is -0.384. The highest BCUT2D eigenvalue weighted by Gasteiger charge is 2.39. The van der Waals surface area contributed by atoms with E-state index in [-0.39, 0.29) is 23.0 Å². The zero-order chi connectivity index (χ0) is 20.6. The second kappa shape index (κ2) is 7.28. The van der Waals surface area contributed by atoms with E-state index < -0.39 is 27.0 Å². The van der Waals surface area contributed by atoms with Gasteiger partial charge in [0, 0.05) is 24.2 Å². The first-order chi connectivity index (χ1) is 13.9. The fourth-order valence-electron chi connectivity index (χ4n) is 3.53. The molecule has 29 heavy (non-hydrogen) atoms. The van der Waals surface area contributed by atoms with Crippen molar-refractivity contribution in [2.24, 2.45) is 4.40 Å². The summed E-state index contributed by atoms with van der Waals surface area (Å²) in [6, 6.07) is 11.7. The number of sulfonamides is 1. The van der Waals surface area contributed by atoms with E-state index in [0.29, 0.717) is 30.5 Å². The van der Waals surface area contributed by atoms with Crippen LogP contribution in [0.2, 0.25) is 0 Å². The number of hydrogen-bond donors (Lipinski definition) is 0. The molecule has 0 spiro atoms. The molecule has 2 heterocycles. The number of hydrogen-bond acceptors (Lipinski definition) is 7. The number of esters is 1. The van der Waals surface area contributed by atoms with Crippen LogP contribution in [0.25, 0.3) is 0 Å². The maximum absolute atomic E-state index is 12.7. The SMILES string of the molecule is O=C(OCc1ccc([N+](=O)[O-])cc1)[C@@H]1CCCN1C1=NS(=O)(=O)c2ccccc21. The van der Waals surface area contributed by atoms with Crippen LogP contribution in [0.3, 0.4) is 0 Å². The Morgan fingerprint density at radius 1 is 1.21 bits per heavy atom. The van der Waals surface area contributed by atoms with Crippen LogP contribution in [0.1, 0.15) is 24.0 Å². The number of ether oxygens (including phenoxy) is 1. The molecule has 150 valence electrons. The molecule has 9 nitrogen and oxygen atoms in total. The third kappa shape index (κ3) is 3.58. The smallest absolute Gasteiger partial charge is 0.329 e. The Hall–Kier alpha value is -3.27. The Morgan fingerprint density at radius 3 is 2.66 bits per heavy atom. The van der Waals surface area contributed by atoms with Crippen LogP contribution in [-0.2, 0) is 26.2 Å². The van der Waals surface area contributed by atoms with Gasteiger partial charge >= 0.3 is 5.97 Å². The summed E-state index contributed by atoms with van der Waals surface area (Å²) < 4.78 is 33.9. The third-order valence-electron chi connectivity index (χ3n) is 4.94. The lowest BCUT2D eigenvalue weighted by atomic mass is 10.1. The summed E-state index contributed by atoms with van der Waals surface area (Å²) in [6.45, 7) is 0.475. The highest BCUT2D eigenvalue weighted by Crippen LogP contribution is 2.31. The van der Waals surface area contributed by atoms with Gasteiger partial charge in [0.1, 0.15) is 17.5 Å². The van der Waals surface area contributed by atoms with Crippen molar-refractivity contribution in [3.63, 3.8) is 0 Å². The highest BCUT2D eigenvalue weighted by atomic mass is 32.2. The molecule has 2 aliphatic heterocycles. The first-order valence-electron chi connectivity index (χ1n) is 8.98. The van der Waals surface area contributed by atoms with Gasteiger partial charge in [-0.25, -0.2) is 4.79 Å². The number of nitro benzene ring substituents is 1. The van der Waals surface area contributed by atoms with Gasteiger partial charge in [-0.05, 0) is 42.7 Å². The van der Waals surface area contributed by atoms with E-state index in [1.165, 1.54) is 30.3 Å². The summed E-state index contributed by atoms with van der Waals surface area (Å²) >= 11 is 0. The fourth-order valence-corrected chi connectivity index (χ4v) is 4.74. The van der Waals surface area contributed by atoms with E-state index in [9.17, 15) is 23.3 Å². The number of benzene rings is 2. The van der Waals surface area contributed by atoms with Crippen LogP contribution < -0.4 is 0 Å². The molecule has 4 rings (SSSR count). The monoisotopic (exact) mass is 415 g/mol. The van der Waals surface area contributed by atoms with Crippen LogP contribution in [0.15, 0.2) is 57.8 Å². The van der Waals surface area contributed by atoms with E-state index in [0.717, 1.165) is 0 Å². The van der Waals surface area contributed by atoms with Gasteiger partial charge in [0.15, 0.2) is 5.84 Å². The zero-order valence-corrected chi connectivity index (χ0v) is 16.0. The second-order valence-electron chi connectivity index (χ2n) is 6.77. The largest absolute Gasteiger partial charge is 0.459 e. The molecule has 0 aromatic heterocycles. The van der Waals surface area contributed by atoms with Crippen LogP contribution in [-0.4, -0.2) is 42.6 Å². The first-order valence-corrected chi connectivity index (χ1v) is 10.4. The van der Waals surface area contributed by atoms with Gasteiger partial charge in [-0.15, -0.1) is 4.40 Å². The minimum Gasteiger partial charge on any atom is -0.459 e. The summed E-state index contributed by atoms with van der Waals surface area (Å²) in [5.74, 6) is -0.208. The number of nitro groups is 1. The summed E-state index contributed by atoms with van der Waals surface area (Å²) in [4.78, 5) is 24.7. The van der Waals surface area contributed by atoms with Gasteiger partial charge in [0.05, 0.1) is 4.92 Å². The first kappa shape index (κ1) is 19.1. The maximum atomic E-state index is 12.7. The molecular formula is C19H17N3O6S. The fraction of sp³-hybridized carbons (Fsp3) is 0.263. The lowest BCUT2D eigenvalue weighted by Gasteiger charge is -2.25. The number of carbonyl (C=O) groups is 1. The van der Waals surface area contributed by atoms with E-state index in [2.05, 4.69) is 4.40 Å². The molecule has 1 atom stereocenters. The van der Waals surface area contributed by atoms with Gasteiger partial charge in [-0.3, -0.25) is 10.1 Å². The van der Waals surface area contributed by atoms with Gasteiger partial charge in [0.25, 0.3) is 15.7 Å². The Morgan fingerprint density at radius 2 is 1.93 bits per heavy atom. The Kier molecular flexibility index (Phi) is 4.79. The highest BCUT2D eigenvalue weighted by molar-refractivity contribution is 7.90. The van der Waals surface area contributed by atoms with E-state index in [1.807, 2.05) is 0 Å². The minimum atomic E-state index is -3.77. The zero-order valence-electron chi connectivity index (χ0n) is 15.2. The van der Waals surface area contributed by atoms with Gasteiger partial charge in [0.2, 0.25) is 0 Å². The molecular weight excluding hydrogens is 398 g/mol. The summed E-state index contributed by atoms with van der Waals surface area (Å²) in [5.41, 5.74) is 1.07. The van der Waals surface area contributed by atoms with Gasteiger partial charge in [-0.2, -0.15) is 8.42 Å². The molecule has 0 amide bonds. The average Bonchev–Trinajstić information content (AvgIpc) is 3.29. The van der Waals surface area contributed by atoms with E-state index >= 15 is 0 Å². The van der Waals surface area contributed by atoms with Crippen molar-refractivity contribution < 1.29 is 22.9 Å². The van der Waals surface area contributed by atoms with Crippen LogP contribution >= 0.6 is 0 Å². The average molecular weight is 415 g/mol. The van der Waals surface area contributed by atoms with Crippen molar-refractivity contribution in [1.29, 1.82) is 0 Å². The quantitative estimate of drug-likeness (QED) is 0.427. The van der Waals surface area contributed by atoms with Crippen LogP contribution in [0.5, 0.6) is 0 Å². The van der Waals surface area contributed by atoms with Crippen molar-refractivity contribution in [2.75, 3.05) is 6.54 Å². The maximum Gasteiger partial charge on any atom is 0.329 e. The van der Waals surface area contributed by atoms with Crippen molar-refractivity contribution in [3.05, 3.63) is 69.8 Å². The number of fused-ring (bicyclic) bond motifs is 1. The molecule has 10 heteroatoms. The molecule has 0 radical (unpaired) electrons. The third-order valence-corrected chi connectivity index (χ3v) is 6.26. The molecule has 2 aliphatic rings. The van der Waals surface area contributed by atoms with E-state index in [4.69, 9.17) is 4.74 Å². The Balaban J connectivity index is 1.49. The van der Waals surface area contributed by atoms with Crippen LogP contribution in [0, 0.1) is 10.1 Å². The number of carbonyl (C=O) groups excluding carboxylic acids is 1. The Labute approximate surface area is 166 Å². The molecule has 2 aromatic carbocycles. The summed E-state index contributed by atoms with van der Waals surface area (Å²) in [5, 5.41) is 10.7. The number of amidine groups is 1. The normalized spacial score (nSPS) is 19.5. The molecule has 0 aliphatic carbocycles. The van der Waals surface area contributed by atoms with Gasteiger partial charge in [-0.1, -0.05) is 12.1 Å². The standard InChI is InChI=1S/C19H17N3O6S/c23-19(28-12-13-7-9-14(10-8-13)22(24)25)16-5-3-11-21(16)18-15-4-1-2-6-17(15)29(26,27)20-18/h1-2,4,6-10,16H,3,5,11-12H2/t16-/m0/s1. The number of likely N-dealkylation sites (tertiary alicyclic amines) is 1. The van der Waals surface area contributed by atoms with Crippen molar-refractivity contribution in [1.82, 2.24) is 4.90 Å². The lowest BCUT2D eigenvalue weighted by Crippen LogP contribution is -2.41. The summed E-state index contributed by atoms with van der Waals surface area (Å²) in [6.07, 6.45) is 1.23. The van der Waals surface area contributed by atoms with Crippen molar-refractivity contribution in [3.8, 4) is 0 Å². The van der Waals surface area contributed by atoms with Crippen LogP contribution in [0.4, 0.5) is 5.69 Å². The van der Waals surface area contributed by atoms with Gasteiger partial charge < -0.3 is 9.64 Å². The predicted octanol–water partition coefficient (Wildman–Crippen LogP) is 2.25. The second-order valence-corrected chi connectivity index (χ2v) is 8.34. The van der Waals surface area contributed by atoms with Crippen molar-refractivity contribution in [2.45, 2.75) is 30.4 Å². The minimum absolute atomic E-state index is 0.0253. The molecule has 2 aromatic rings. The number of nitrogens with zero attached hydrogens (tertiary/aromatic N) is 3. The van der Waals surface area contributed by atoms with E-state index in [1.54, 1.807) is 23.1 Å². The predicted molar refractivity (Wildman–Crippen MR) is 103 cm³/mol. The topological polar surface area (TPSA) is 119 Å². The molecule has 1 saturated heterocycles. The molecule has 0 N–H and O–H groups in total. The molecule has 0 unspecified atom stereocenters. The Bertz CT molecular complexity index is 1110. The molecule has 0 saturated carbocycles. The summed E-state index contributed by atoms with van der Waals surface area (Å²) in [7, 11) is -3.77. The molecule has 1 fully saturated rings. The number of non-ortho nitro benzene ring substituents is 1. The number of rotatable bonds is 4. The molecule has 0 bridgehead atoms. The van der Waals surface area contributed by atoms with Crippen molar-refractivity contribution >= 4 is 27.5 Å².